The van der Waals surface area contributed by atoms with Crippen LogP contribution in [0.2, 0.25) is 0 Å². The number of pyridine rings is 2. The molecule has 0 saturated carbocycles. The zero-order valence-electron chi connectivity index (χ0n) is 20.1. The lowest BCUT2D eigenvalue weighted by Crippen LogP contribution is -2.26. The molecule has 1 N–H and O–H groups in total. The highest BCUT2D eigenvalue weighted by Gasteiger charge is 2.20. The van der Waals surface area contributed by atoms with Gasteiger partial charge in [-0.25, -0.2) is 15.0 Å². The van der Waals surface area contributed by atoms with Gasteiger partial charge < -0.3 is 9.88 Å². The van der Waals surface area contributed by atoms with Crippen molar-refractivity contribution in [2.75, 3.05) is 5.32 Å². The van der Waals surface area contributed by atoms with E-state index in [0.29, 0.717) is 16.7 Å². The van der Waals surface area contributed by atoms with Gasteiger partial charge in [0, 0.05) is 30.7 Å². The summed E-state index contributed by atoms with van der Waals surface area (Å²) >= 11 is 1.45. The van der Waals surface area contributed by atoms with E-state index in [-0.39, 0.29) is 17.2 Å². The Kier molecular flexibility index (Phi) is 5.61. The number of hydrogen-bond acceptors (Lipinski definition) is 7. The van der Waals surface area contributed by atoms with E-state index in [1.807, 2.05) is 61.5 Å². The van der Waals surface area contributed by atoms with Crippen molar-refractivity contribution in [2.45, 2.75) is 13.0 Å². The first-order chi connectivity index (χ1) is 18.0. The van der Waals surface area contributed by atoms with Crippen molar-refractivity contribution < 1.29 is 0 Å². The van der Waals surface area contributed by atoms with Gasteiger partial charge in [0.25, 0.3) is 5.56 Å². The van der Waals surface area contributed by atoms with Crippen LogP contribution in [0, 0.1) is 0 Å². The second kappa shape index (κ2) is 9.11. The van der Waals surface area contributed by atoms with Crippen molar-refractivity contribution in [1.82, 2.24) is 24.1 Å². The second-order valence-corrected chi connectivity index (χ2v) is 9.61. The van der Waals surface area contributed by atoms with Gasteiger partial charge >= 0.3 is 0 Å². The van der Waals surface area contributed by atoms with Crippen LogP contribution in [0.5, 0.6) is 0 Å². The molecule has 0 spiro atoms. The zero-order chi connectivity index (χ0) is 25.5. The Labute approximate surface area is 215 Å². The number of aromatic nitrogens is 5. The minimum absolute atomic E-state index is 0.105. The maximum Gasteiger partial charge on any atom is 0.263 e. The third kappa shape index (κ3) is 3.99. The van der Waals surface area contributed by atoms with Gasteiger partial charge in [-0.1, -0.05) is 36.4 Å². The Hall–Kier alpha value is -4.63. The third-order valence-electron chi connectivity index (χ3n) is 6.42. The Morgan fingerprint density at radius 3 is 2.59 bits per heavy atom. The highest BCUT2D eigenvalue weighted by Crippen LogP contribution is 2.30. The molecular weight excluding hydrogens is 484 g/mol. The Bertz CT molecular complexity index is 1890. The highest BCUT2D eigenvalue weighted by molar-refractivity contribution is 7.16. The molecule has 0 fully saturated rings. The predicted octanol–water partition coefficient (Wildman–Crippen LogP) is 4.93. The summed E-state index contributed by atoms with van der Waals surface area (Å²) in [5.41, 5.74) is 5.31. The van der Waals surface area contributed by atoms with Crippen molar-refractivity contribution in [1.29, 1.82) is 0 Å². The fraction of sp³-hybridized carbons (Fsp3) is 0.107. The Balaban J connectivity index is 1.58. The lowest BCUT2D eigenvalue weighted by atomic mass is 9.98. The first-order valence-electron chi connectivity index (χ1n) is 11.7. The largest absolute Gasteiger partial charge is 0.360 e. The van der Waals surface area contributed by atoms with E-state index in [9.17, 15) is 9.59 Å². The van der Waals surface area contributed by atoms with Crippen molar-refractivity contribution in [3.05, 3.63) is 111 Å². The number of nitrogens with one attached hydrogen (secondary N) is 1. The fourth-order valence-electron chi connectivity index (χ4n) is 4.62. The zero-order valence-corrected chi connectivity index (χ0v) is 20.9. The third-order valence-corrected chi connectivity index (χ3v) is 7.15. The van der Waals surface area contributed by atoms with E-state index in [1.54, 1.807) is 29.4 Å². The van der Waals surface area contributed by atoms with E-state index in [4.69, 9.17) is 0 Å². The summed E-state index contributed by atoms with van der Waals surface area (Å²) in [7, 11) is 1.71. The van der Waals surface area contributed by atoms with E-state index in [1.165, 1.54) is 28.3 Å². The minimum atomic E-state index is -0.279. The molecule has 0 bridgehead atoms. The molecule has 2 aromatic carbocycles. The summed E-state index contributed by atoms with van der Waals surface area (Å²) in [6, 6.07) is 20.4. The molecule has 1 atom stereocenters. The van der Waals surface area contributed by atoms with E-state index >= 15 is 0 Å². The summed E-state index contributed by atoms with van der Waals surface area (Å²) in [6.07, 6.45) is 3.27. The summed E-state index contributed by atoms with van der Waals surface area (Å²) in [5, 5.41) is 4.85. The Morgan fingerprint density at radius 1 is 0.946 bits per heavy atom. The molecule has 4 heterocycles. The Morgan fingerprint density at radius 2 is 1.78 bits per heavy atom. The van der Waals surface area contributed by atoms with Crippen LogP contribution in [0.4, 0.5) is 5.82 Å². The fourth-order valence-corrected chi connectivity index (χ4v) is 5.24. The van der Waals surface area contributed by atoms with Gasteiger partial charge in [0.05, 0.1) is 16.9 Å². The maximum absolute atomic E-state index is 14.3. The number of anilines is 1. The molecule has 37 heavy (non-hydrogen) atoms. The summed E-state index contributed by atoms with van der Waals surface area (Å²) < 4.78 is 3.26. The number of thiazole rings is 1. The molecule has 0 radical (unpaired) electrons. The topological polar surface area (TPSA) is 94.7 Å². The van der Waals surface area contributed by atoms with E-state index in [0.717, 1.165) is 32.7 Å². The van der Waals surface area contributed by atoms with Gasteiger partial charge in [-0.3, -0.25) is 14.2 Å². The van der Waals surface area contributed by atoms with E-state index < -0.39 is 0 Å². The van der Waals surface area contributed by atoms with Gasteiger partial charge in [-0.05, 0) is 47.7 Å². The number of benzene rings is 2. The van der Waals surface area contributed by atoms with Crippen molar-refractivity contribution in [3.8, 4) is 16.8 Å². The van der Waals surface area contributed by atoms with Crippen LogP contribution in [0.25, 0.3) is 37.9 Å². The minimum Gasteiger partial charge on any atom is -0.360 e. The molecular formula is C28H22N6O2S. The molecule has 0 aliphatic heterocycles. The number of hydrogen-bond donors (Lipinski definition) is 1. The number of aryl methyl sites for hydroxylation is 1. The molecule has 9 heteroatoms. The quantitative estimate of drug-likeness (QED) is 0.356. The second-order valence-electron chi connectivity index (χ2n) is 8.78. The predicted molar refractivity (Wildman–Crippen MR) is 147 cm³/mol. The molecule has 0 saturated heterocycles. The summed E-state index contributed by atoms with van der Waals surface area (Å²) in [6.45, 7) is 2.00. The lowest BCUT2D eigenvalue weighted by Gasteiger charge is -2.22. The van der Waals surface area contributed by atoms with Crippen molar-refractivity contribution >= 4 is 38.3 Å². The molecule has 0 amide bonds. The van der Waals surface area contributed by atoms with Crippen LogP contribution >= 0.6 is 11.3 Å². The lowest BCUT2D eigenvalue weighted by molar-refractivity contribution is 0.774. The van der Waals surface area contributed by atoms with Crippen molar-refractivity contribution in [3.63, 3.8) is 0 Å². The number of rotatable bonds is 5. The molecule has 0 aliphatic carbocycles. The van der Waals surface area contributed by atoms with Gasteiger partial charge in [-0.15, -0.1) is 11.3 Å². The molecule has 0 aliphatic rings. The van der Waals surface area contributed by atoms with E-state index in [2.05, 4.69) is 20.3 Å². The summed E-state index contributed by atoms with van der Waals surface area (Å²) in [4.78, 5) is 40.1. The van der Waals surface area contributed by atoms with Crippen LogP contribution < -0.4 is 16.4 Å². The van der Waals surface area contributed by atoms with Crippen LogP contribution in [0.15, 0.2) is 94.4 Å². The van der Waals surface area contributed by atoms with Gasteiger partial charge in [0.2, 0.25) is 5.56 Å². The number of para-hydroxylation sites is 1. The average Bonchev–Trinajstić information content (AvgIpc) is 3.40. The van der Waals surface area contributed by atoms with Gasteiger partial charge in [0.1, 0.15) is 16.7 Å². The smallest absolute Gasteiger partial charge is 0.263 e. The molecule has 1 unspecified atom stereocenters. The van der Waals surface area contributed by atoms with Crippen LogP contribution in [-0.4, -0.2) is 24.1 Å². The molecule has 6 rings (SSSR count). The van der Waals surface area contributed by atoms with Crippen LogP contribution in [-0.2, 0) is 7.05 Å². The monoisotopic (exact) mass is 506 g/mol. The number of fused-ring (bicyclic) bond motifs is 2. The maximum atomic E-state index is 14.3. The normalized spacial score (nSPS) is 12.2. The molecule has 4 aromatic heterocycles. The standard InChI is InChI=1S/C28H22N6O2S/c1-17(32-26-25-27(30-15-29-26)37-16-31-25)22-13-18-7-6-10-21(19-11-12-23(35)33(2)14-19)24(18)28(36)34(22)20-8-4-3-5-9-20/h3-17H,1-2H3,(H,29,30,32). The van der Waals surface area contributed by atoms with Crippen molar-refractivity contribution in [2.24, 2.45) is 7.05 Å². The van der Waals surface area contributed by atoms with Gasteiger partial charge in [-0.2, -0.15) is 0 Å². The first-order valence-corrected chi connectivity index (χ1v) is 12.6. The molecule has 182 valence electrons. The molecule has 6 aromatic rings. The van der Waals surface area contributed by atoms with Crippen LogP contribution in [0.1, 0.15) is 18.7 Å². The first kappa shape index (κ1) is 22.8. The molecule has 8 nitrogen and oxygen atoms in total. The average molecular weight is 507 g/mol. The summed E-state index contributed by atoms with van der Waals surface area (Å²) in [5.74, 6) is 0.616. The SMILES string of the molecule is CC(Nc1ncnc2scnc12)c1cc2cccc(-c3ccc(=O)n(C)c3)c2c(=O)n1-c1ccccc1. The van der Waals surface area contributed by atoms with Gasteiger partial charge in [0.15, 0.2) is 5.82 Å². The van der Waals surface area contributed by atoms with Crippen LogP contribution in [0.3, 0.4) is 0 Å². The highest BCUT2D eigenvalue weighted by atomic mass is 32.1. The number of nitrogens with zero attached hydrogens (tertiary/aromatic N) is 5.